The van der Waals surface area contributed by atoms with Gasteiger partial charge in [-0.15, -0.1) is 0 Å². The Kier molecular flexibility index (Phi) is 27.7. The van der Waals surface area contributed by atoms with Crippen LogP contribution in [0, 0.1) is 21.6 Å². The lowest BCUT2D eigenvalue weighted by Crippen LogP contribution is -2.42. The molecule has 4 amide bonds. The van der Waals surface area contributed by atoms with Gasteiger partial charge < -0.3 is 42.2 Å². The van der Waals surface area contributed by atoms with Gasteiger partial charge in [-0.05, 0) is 116 Å². The maximum atomic E-state index is 12.9. The lowest BCUT2D eigenvalue weighted by atomic mass is 10.0. The fraction of sp³-hybridized carbons (Fsp3) is 0.163. The van der Waals surface area contributed by atoms with E-state index in [1.807, 2.05) is 9.80 Å². The van der Waals surface area contributed by atoms with Crippen molar-refractivity contribution in [3.8, 4) is 0 Å². The molecule has 10 N–H and O–H groups in total. The molecule has 0 saturated carbocycles. The smallest absolute Gasteiger partial charge is 0.259 e. The largest absolute Gasteiger partial charge is 0.384 e. The second kappa shape index (κ2) is 38.5. The minimum atomic E-state index is -0.356. The second-order valence-electron chi connectivity index (χ2n) is 27.1. The number of hydrogen-bond acceptors (Lipinski definition) is 16. The van der Waals surface area contributed by atoms with E-state index >= 15 is 0 Å². The molecule has 2 fully saturated rings. The Morgan fingerprint density at radius 1 is 0.325 bits per heavy atom. The highest BCUT2D eigenvalue weighted by Crippen LogP contribution is 2.25. The number of amidine groups is 3. The van der Waals surface area contributed by atoms with Gasteiger partial charge >= 0.3 is 0 Å². The number of benzene rings is 8. The van der Waals surface area contributed by atoms with Crippen LogP contribution in [0.1, 0.15) is 141 Å². The van der Waals surface area contributed by atoms with Crippen LogP contribution < -0.4 is 27.0 Å². The highest BCUT2D eigenvalue weighted by atomic mass is 35.5. The summed E-state index contributed by atoms with van der Waals surface area (Å²) in [6.07, 6.45) is 7.07. The highest BCUT2D eigenvalue weighted by Gasteiger charge is 2.27. The highest BCUT2D eigenvalue weighted by molar-refractivity contribution is 6.32. The number of hydrogen-bond donors (Lipinski definition) is 9. The Morgan fingerprint density at radius 3 is 0.744 bits per heavy atom. The fourth-order valence-electron chi connectivity index (χ4n) is 11.9. The maximum Gasteiger partial charge on any atom is 0.259 e. The Balaban J connectivity index is 0.000000153. The van der Waals surface area contributed by atoms with Crippen molar-refractivity contribution in [2.45, 2.75) is 39.0 Å². The number of carbonyl (C=O) groups is 8. The van der Waals surface area contributed by atoms with Gasteiger partial charge in [-0.1, -0.05) is 143 Å². The Bertz CT molecular complexity index is 5570. The number of anilines is 4. The summed E-state index contributed by atoms with van der Waals surface area (Å²) in [5.74, 6) is -1.01. The SMILES string of the molecule is CC(=N)c1ccc(C(=O)Cc2c(C(=O)Nc3ccc(Cl)cc3)cnn2C)cc1.Cn1ncc(C(=O)Nc2ccc(Cl)cc2)c1CC(=O)c1ccc(C(=N)N)cc1.Cn1ncc(C(=O)Nc2ccc(Cl)cc2)c1CC(=O)c1ccc(C(=N)N2CC2)cc1.Cn1ncc(C(=O)Nc2ccc(Cl)cc2)c1CC(=O)c1ccc(C(=N)N2CCC2)cc1. The molecule has 0 radical (unpaired) electrons. The molecule has 31 heteroatoms. The normalized spacial score (nSPS) is 11.7. The monoisotopic (exact) mass is 1650 g/mol. The number of aromatic nitrogens is 8. The van der Waals surface area contributed by atoms with E-state index in [-0.39, 0.29) is 78.3 Å². The zero-order chi connectivity index (χ0) is 83.7. The van der Waals surface area contributed by atoms with Crippen LogP contribution in [0.2, 0.25) is 20.1 Å². The van der Waals surface area contributed by atoms with Gasteiger partial charge in [-0.2, -0.15) is 20.4 Å². The number of halogens is 4. The quantitative estimate of drug-likeness (QED) is 0.0117. The van der Waals surface area contributed by atoms with Crippen LogP contribution in [0.25, 0.3) is 0 Å². The molecule has 6 heterocycles. The van der Waals surface area contributed by atoms with Crippen LogP contribution in [0.15, 0.2) is 219 Å². The van der Waals surface area contributed by atoms with Gasteiger partial charge in [-0.25, -0.2) is 0 Å². The number of nitrogens with zero attached hydrogens (tertiary/aromatic N) is 10. The molecule has 117 heavy (non-hydrogen) atoms. The van der Waals surface area contributed by atoms with E-state index < -0.39 is 0 Å². The summed E-state index contributed by atoms with van der Waals surface area (Å²) in [6, 6.07) is 54.5. The average molecular weight is 1650 g/mol. The lowest BCUT2D eigenvalue weighted by molar-refractivity contribution is 0.0978. The Labute approximate surface area is 692 Å². The number of amides is 4. The zero-order valence-electron chi connectivity index (χ0n) is 64.0. The van der Waals surface area contributed by atoms with Gasteiger partial charge in [-0.3, -0.25) is 73.3 Å². The van der Waals surface area contributed by atoms with Crippen molar-refractivity contribution in [1.82, 2.24) is 48.9 Å². The van der Waals surface area contributed by atoms with E-state index in [1.165, 1.54) is 34.2 Å². The standard InChI is InChI=1S/C23H22ClN5O2.C22H20ClN5O2.C21H19ClN4O2.C20H18ClN5O2/c1-28-20(19(14-26-28)23(31)27-18-9-7-17(24)8-10-18)13-21(30)15-3-5-16(6-4-15)22(25)29-11-2-12-29;1-27-19(18(13-25-27)22(30)26-17-8-6-16(23)7-9-17)12-20(29)14-2-4-15(5-3-14)21(24)28-10-11-28;1-13(23)14-3-5-15(6-4-14)20(27)11-19-18(12-24-26(19)2)21(28)25-17-9-7-16(22)8-10-17;1-26-17(10-18(27)12-2-4-13(5-3-12)19(22)23)16(11-24-26)20(28)25-15-8-6-14(21)7-9-15/h3-10,14,25H,2,11-13H2,1H3,(H,27,31);2-9,13,24H,10-12H2,1H3,(H,26,30);3-10,12,23H,11H2,1-2H3,(H,25,28);2-9,11H,10H2,1H3,(H3,22,23)(H,25,28). The van der Waals surface area contributed by atoms with E-state index in [9.17, 15) is 38.4 Å². The molecule has 0 spiro atoms. The van der Waals surface area contributed by atoms with Crippen LogP contribution in [-0.2, 0) is 53.9 Å². The summed E-state index contributed by atoms with van der Waals surface area (Å²) in [5.41, 5.74) is 16.7. The van der Waals surface area contributed by atoms with Crippen molar-refractivity contribution in [2.24, 2.45) is 33.9 Å². The topological polar surface area (TPSA) is 384 Å². The van der Waals surface area contributed by atoms with Crippen molar-refractivity contribution in [1.29, 1.82) is 21.6 Å². The molecule has 12 aromatic rings. The maximum absolute atomic E-state index is 12.9. The van der Waals surface area contributed by atoms with Crippen molar-refractivity contribution in [3.05, 3.63) is 329 Å². The van der Waals surface area contributed by atoms with E-state index in [0.29, 0.717) is 133 Å². The molecular formula is C86H79Cl4N19O8. The molecule has 14 rings (SSSR count). The zero-order valence-corrected chi connectivity index (χ0v) is 67.0. The number of nitrogen functional groups attached to an aromatic ring is 1. The van der Waals surface area contributed by atoms with Crippen LogP contribution in [0.5, 0.6) is 0 Å². The molecule has 0 unspecified atom stereocenters. The van der Waals surface area contributed by atoms with Crippen LogP contribution in [0.4, 0.5) is 22.7 Å². The first-order chi connectivity index (χ1) is 56.0. The first-order valence-electron chi connectivity index (χ1n) is 36.5. The third-order valence-corrected chi connectivity index (χ3v) is 20.0. The molecule has 27 nitrogen and oxygen atoms in total. The van der Waals surface area contributed by atoms with Gasteiger partial charge in [0.15, 0.2) is 23.1 Å². The summed E-state index contributed by atoms with van der Waals surface area (Å²) in [7, 11) is 6.79. The van der Waals surface area contributed by atoms with Crippen LogP contribution >= 0.6 is 46.4 Å². The Hall–Kier alpha value is -13.6. The third kappa shape index (κ3) is 22.2. The third-order valence-electron chi connectivity index (χ3n) is 19.0. The average Bonchev–Trinajstić information content (AvgIpc) is 1.74. The van der Waals surface area contributed by atoms with Gasteiger partial charge in [0, 0.05) is 142 Å². The number of Topliss-reactive ketones (excluding diaryl/α,β-unsaturated/α-hetero) is 4. The minimum Gasteiger partial charge on any atom is -0.384 e. The van der Waals surface area contributed by atoms with Crippen molar-refractivity contribution in [3.63, 3.8) is 0 Å². The van der Waals surface area contributed by atoms with E-state index in [4.69, 9.17) is 73.8 Å². The molecule has 8 aromatic carbocycles. The van der Waals surface area contributed by atoms with Gasteiger partial charge in [0.2, 0.25) is 0 Å². The van der Waals surface area contributed by atoms with Gasteiger partial charge in [0.05, 0.1) is 95.5 Å². The fourth-order valence-corrected chi connectivity index (χ4v) is 12.4. The number of nitrogens with one attached hydrogen (secondary N) is 8. The van der Waals surface area contributed by atoms with Gasteiger partial charge in [0.1, 0.15) is 17.5 Å². The van der Waals surface area contributed by atoms with Gasteiger partial charge in [0.25, 0.3) is 23.6 Å². The molecule has 2 aliphatic heterocycles. The number of likely N-dealkylation sites (tertiary alicyclic amines) is 1. The molecule has 0 atom stereocenters. The van der Waals surface area contributed by atoms with E-state index in [1.54, 1.807) is 239 Å². The summed E-state index contributed by atoms with van der Waals surface area (Å²) in [4.78, 5) is 106. The first-order valence-corrected chi connectivity index (χ1v) is 38.0. The number of carbonyl (C=O) groups excluding carboxylic acids is 8. The predicted molar refractivity (Wildman–Crippen MR) is 453 cm³/mol. The first kappa shape index (κ1) is 84.3. The van der Waals surface area contributed by atoms with E-state index in [2.05, 4.69) is 41.7 Å². The van der Waals surface area contributed by atoms with Crippen molar-refractivity contribution in [2.75, 3.05) is 47.4 Å². The van der Waals surface area contributed by atoms with Crippen LogP contribution in [0.3, 0.4) is 0 Å². The minimum absolute atomic E-state index is 0.0132. The van der Waals surface area contributed by atoms with Crippen molar-refractivity contribution < 1.29 is 38.4 Å². The number of rotatable bonds is 24. The van der Waals surface area contributed by atoms with Crippen LogP contribution in [-0.4, -0.2) is 145 Å². The summed E-state index contributed by atoms with van der Waals surface area (Å²) < 4.78 is 6.13. The summed E-state index contributed by atoms with van der Waals surface area (Å²) in [5, 5.41) is 61.3. The number of aryl methyl sites for hydroxylation is 4. The molecule has 2 aliphatic rings. The molecule has 594 valence electrons. The van der Waals surface area contributed by atoms with Crippen molar-refractivity contribution >= 4 is 139 Å². The molecule has 0 bridgehead atoms. The Morgan fingerprint density at radius 2 is 0.538 bits per heavy atom. The van der Waals surface area contributed by atoms with E-state index in [0.717, 1.165) is 49.3 Å². The molecule has 0 aliphatic carbocycles. The number of nitrogens with two attached hydrogens (primary N) is 1. The molecule has 4 aromatic heterocycles. The molecular weight excluding hydrogens is 1570 g/mol. The second-order valence-corrected chi connectivity index (χ2v) is 28.9. The summed E-state index contributed by atoms with van der Waals surface area (Å²) in [6.45, 7) is 5.31. The summed E-state index contributed by atoms with van der Waals surface area (Å²) >= 11 is 23.5. The lowest BCUT2D eigenvalue weighted by Gasteiger charge is -2.33. The molecule has 2 saturated heterocycles. The number of ketones is 4. The predicted octanol–water partition coefficient (Wildman–Crippen LogP) is 14.3.